The molecule has 32 valence electrons. The summed E-state index contributed by atoms with van der Waals surface area (Å²) in [5.74, 6) is 3.31. The molecule has 0 saturated carbocycles. The van der Waals surface area contributed by atoms with Gasteiger partial charge in [-0.3, -0.25) is 0 Å². The summed E-state index contributed by atoms with van der Waals surface area (Å²) < 4.78 is 3.67. The maximum absolute atomic E-state index is 7.59. The Balaban J connectivity index is 2.85. The predicted molar refractivity (Wildman–Crippen MR) is 24.3 cm³/mol. The van der Waals surface area contributed by atoms with E-state index in [2.05, 4.69) is 10.2 Å². The van der Waals surface area contributed by atoms with Crippen molar-refractivity contribution in [1.29, 1.82) is 0 Å². The molecule has 2 nitrogen and oxygen atoms in total. The van der Waals surface area contributed by atoms with Crippen LogP contribution in [0.2, 0.25) is 0 Å². The van der Waals surface area contributed by atoms with Crippen LogP contribution >= 0.6 is 10.8 Å². The summed E-state index contributed by atoms with van der Waals surface area (Å²) in [5.41, 5.74) is 0. The first-order chi connectivity index (χ1) is 2.27. The van der Waals surface area contributed by atoms with Gasteiger partial charge in [-0.15, -0.1) is 0 Å². The van der Waals surface area contributed by atoms with Crippen LogP contribution in [-0.2, 0) is 4.33 Å². The van der Waals surface area contributed by atoms with E-state index in [1.165, 1.54) is 0 Å². The van der Waals surface area contributed by atoms with Crippen LogP contribution in [0.3, 0.4) is 0 Å². The molecule has 0 aliphatic rings. The fourth-order valence-corrected chi connectivity index (χ4v) is 0. The van der Waals surface area contributed by atoms with Crippen LogP contribution in [0.4, 0.5) is 0 Å². The summed E-state index contributed by atoms with van der Waals surface area (Å²) in [5, 5.41) is 7.59. The Labute approximate surface area is 33.4 Å². The maximum Gasteiger partial charge on any atom is 0.00332 e. The van der Waals surface area contributed by atoms with Crippen LogP contribution in [0.15, 0.2) is 0 Å². The zero-order valence-corrected chi connectivity index (χ0v) is 3.79. The van der Waals surface area contributed by atoms with Crippen molar-refractivity contribution in [3.8, 4) is 0 Å². The largest absolute Gasteiger partial charge is 0.240 e. The number of hydrogen-bond donors (Lipinski definition) is 1. The average Bonchev–Trinajstić information content (AvgIpc) is 1.38. The molecule has 0 rings (SSSR count). The molecule has 0 aromatic rings. The molecule has 1 unspecified atom stereocenters. The van der Waals surface area contributed by atoms with Crippen molar-refractivity contribution >= 4 is 16.6 Å². The summed E-state index contributed by atoms with van der Waals surface area (Å²) in [6, 6.07) is 0. The quantitative estimate of drug-likeness (QED) is 0.295. The van der Waals surface area contributed by atoms with Gasteiger partial charge in [-0.1, -0.05) is 0 Å². The molecule has 0 spiro atoms. The van der Waals surface area contributed by atoms with Gasteiger partial charge >= 0.3 is 0 Å². The van der Waals surface area contributed by atoms with Gasteiger partial charge in [-0.2, -0.15) is 4.33 Å². The topological polar surface area (TPSA) is 29.5 Å². The standard InChI is InChI=1S/C2H6O2S/c1-5(2)4-3/h3H,1H2,2H3. The highest BCUT2D eigenvalue weighted by atomic mass is 32.2. The van der Waals surface area contributed by atoms with Gasteiger partial charge in [0, 0.05) is 6.26 Å². The van der Waals surface area contributed by atoms with E-state index in [9.17, 15) is 0 Å². The van der Waals surface area contributed by atoms with Gasteiger partial charge in [0.05, 0.1) is 0 Å². The molecule has 1 N–H and O–H groups in total. The van der Waals surface area contributed by atoms with E-state index in [1.54, 1.807) is 6.26 Å². The van der Waals surface area contributed by atoms with Crippen molar-refractivity contribution in [1.82, 2.24) is 0 Å². The van der Waals surface area contributed by atoms with Gasteiger partial charge in [0.15, 0.2) is 0 Å². The molecule has 1 atom stereocenters. The molecule has 3 heteroatoms. The first-order valence-corrected chi connectivity index (χ1v) is 2.77. The van der Waals surface area contributed by atoms with Crippen molar-refractivity contribution in [2.45, 2.75) is 0 Å². The highest BCUT2D eigenvalue weighted by molar-refractivity contribution is 8.09. The van der Waals surface area contributed by atoms with Crippen molar-refractivity contribution in [2.24, 2.45) is 0 Å². The number of hydrogen-bond acceptors (Lipinski definition) is 2. The zero-order chi connectivity index (χ0) is 4.28. The summed E-state index contributed by atoms with van der Waals surface area (Å²) in [4.78, 5) is 0. The monoisotopic (exact) mass is 94.0 g/mol. The second-order valence-corrected chi connectivity index (χ2v) is 1.94. The lowest BCUT2D eigenvalue weighted by Crippen LogP contribution is -1.63. The third kappa shape index (κ3) is 4.14. The van der Waals surface area contributed by atoms with Gasteiger partial charge in [0.1, 0.15) is 0 Å². The molecule has 0 heterocycles. The van der Waals surface area contributed by atoms with E-state index >= 15 is 0 Å². The lowest BCUT2D eigenvalue weighted by Gasteiger charge is -1.83. The van der Waals surface area contributed by atoms with E-state index in [0.29, 0.717) is 0 Å². The van der Waals surface area contributed by atoms with Gasteiger partial charge in [-0.25, -0.2) is 5.26 Å². The molecule has 0 fully saturated rings. The highest BCUT2D eigenvalue weighted by Crippen LogP contribution is 1.96. The van der Waals surface area contributed by atoms with Gasteiger partial charge in [0.2, 0.25) is 0 Å². The van der Waals surface area contributed by atoms with Crippen molar-refractivity contribution in [2.75, 3.05) is 6.26 Å². The summed E-state index contributed by atoms with van der Waals surface area (Å²) in [7, 11) is -0.517. The lowest BCUT2D eigenvalue weighted by atomic mass is 11.9. The van der Waals surface area contributed by atoms with Crippen LogP contribution < -0.4 is 0 Å². The van der Waals surface area contributed by atoms with Crippen molar-refractivity contribution in [3.05, 3.63) is 0 Å². The summed E-state index contributed by atoms with van der Waals surface area (Å²) in [6.45, 7) is 0. The minimum absolute atomic E-state index is 0.517. The van der Waals surface area contributed by atoms with E-state index in [1.807, 2.05) is 0 Å². The Bertz CT molecular complexity index is 42.9. The first-order valence-electron chi connectivity index (χ1n) is 1.05. The fraction of sp³-hybridized carbons (Fsp3) is 0.500. The Morgan fingerprint density at radius 2 is 2.20 bits per heavy atom. The Kier molecular flexibility index (Phi) is 2.45. The molecule has 0 saturated heterocycles. The minimum Gasteiger partial charge on any atom is -0.240 e. The van der Waals surface area contributed by atoms with Crippen LogP contribution in [0.5, 0.6) is 0 Å². The summed E-state index contributed by atoms with van der Waals surface area (Å²) in [6.07, 6.45) is 1.67. The second kappa shape index (κ2) is 2.38. The van der Waals surface area contributed by atoms with E-state index in [0.717, 1.165) is 0 Å². The molecule has 0 aromatic carbocycles. The Hall–Kier alpha value is 0.140. The third-order valence-corrected chi connectivity index (χ3v) is 0.382. The van der Waals surface area contributed by atoms with E-state index < -0.39 is 10.8 Å². The van der Waals surface area contributed by atoms with Crippen LogP contribution in [0, 0.1) is 0 Å². The average molecular weight is 94.1 g/mol. The molecule has 0 bridgehead atoms. The van der Waals surface area contributed by atoms with Crippen LogP contribution in [0.1, 0.15) is 0 Å². The first kappa shape index (κ1) is 5.14. The smallest absolute Gasteiger partial charge is 0.00332 e. The summed E-state index contributed by atoms with van der Waals surface area (Å²) >= 11 is 0. The minimum atomic E-state index is -0.517. The van der Waals surface area contributed by atoms with Gasteiger partial charge in [-0.05, 0) is 16.6 Å². The Morgan fingerprint density at radius 3 is 2.20 bits per heavy atom. The molecular weight excluding hydrogens is 88.1 g/mol. The third-order valence-electron chi connectivity index (χ3n) is 0.127. The number of rotatable bonds is 1. The molecule has 0 aromatic heterocycles. The molecule has 5 heavy (non-hydrogen) atoms. The molecule has 0 amide bonds. The van der Waals surface area contributed by atoms with Gasteiger partial charge < -0.3 is 0 Å². The maximum atomic E-state index is 7.59. The highest BCUT2D eigenvalue weighted by Gasteiger charge is 1.65. The molecule has 0 radical (unpaired) electrons. The van der Waals surface area contributed by atoms with E-state index in [4.69, 9.17) is 5.26 Å². The van der Waals surface area contributed by atoms with Crippen LogP contribution in [-0.4, -0.2) is 17.4 Å². The Morgan fingerprint density at radius 1 is 2.00 bits per heavy atom. The molecule has 0 aliphatic heterocycles. The SMILES string of the molecule is C=S(C)OO. The second-order valence-electron chi connectivity index (χ2n) is 0.648. The fourth-order valence-electron chi connectivity index (χ4n) is 0. The van der Waals surface area contributed by atoms with Crippen molar-refractivity contribution < 1.29 is 9.59 Å². The lowest BCUT2D eigenvalue weighted by molar-refractivity contribution is -0.116. The zero-order valence-electron chi connectivity index (χ0n) is 2.97. The molecule has 0 aliphatic carbocycles. The van der Waals surface area contributed by atoms with E-state index in [-0.39, 0.29) is 0 Å². The van der Waals surface area contributed by atoms with Crippen LogP contribution in [0.25, 0.3) is 0 Å². The normalized spacial score (nSPS) is 14.8. The predicted octanol–water partition coefficient (Wildman–Crippen LogP) is 0.722. The van der Waals surface area contributed by atoms with Crippen molar-refractivity contribution in [3.63, 3.8) is 0 Å². The van der Waals surface area contributed by atoms with Gasteiger partial charge in [0.25, 0.3) is 0 Å². The molecular formula is C2H6O2S.